The highest BCUT2D eigenvalue weighted by atomic mass is 32.2. The number of benzene rings is 2. The maximum Gasteiger partial charge on any atom is 0.257 e. The standard InChI is InChI=1S/C20H26N2O5S/c1-15(2)22-28(24,25)19-10-8-18(9-11-19)27-14-20(23)21-13-12-16-4-6-17(26-3)7-5-16/h4-11,15,22H,12-14H2,1-3H3,(H,21,23). The maximum absolute atomic E-state index is 12.1. The molecule has 152 valence electrons. The molecule has 0 atom stereocenters. The van der Waals surface area contributed by atoms with Gasteiger partial charge >= 0.3 is 0 Å². The molecule has 0 radical (unpaired) electrons. The third-order valence-corrected chi connectivity index (χ3v) is 5.46. The first-order chi connectivity index (χ1) is 13.3. The second-order valence-corrected chi connectivity index (χ2v) is 8.20. The van der Waals surface area contributed by atoms with Crippen LogP contribution in [0.3, 0.4) is 0 Å². The zero-order valence-electron chi connectivity index (χ0n) is 16.3. The fraction of sp³-hybridized carbons (Fsp3) is 0.350. The molecule has 0 aliphatic heterocycles. The molecule has 7 nitrogen and oxygen atoms in total. The van der Waals surface area contributed by atoms with Gasteiger partial charge in [0.1, 0.15) is 11.5 Å². The summed E-state index contributed by atoms with van der Waals surface area (Å²) in [4.78, 5) is 12.0. The van der Waals surface area contributed by atoms with E-state index >= 15 is 0 Å². The van der Waals surface area contributed by atoms with Gasteiger partial charge in [0.05, 0.1) is 12.0 Å². The summed E-state index contributed by atoms with van der Waals surface area (Å²) < 4.78 is 37.2. The van der Waals surface area contributed by atoms with Gasteiger partial charge in [-0.2, -0.15) is 0 Å². The molecule has 0 unspecified atom stereocenters. The van der Waals surface area contributed by atoms with Crippen LogP contribution >= 0.6 is 0 Å². The average Bonchev–Trinajstić information content (AvgIpc) is 2.66. The van der Waals surface area contributed by atoms with Crippen LogP contribution < -0.4 is 19.5 Å². The fourth-order valence-corrected chi connectivity index (χ4v) is 3.68. The van der Waals surface area contributed by atoms with Crippen LogP contribution in [0.25, 0.3) is 0 Å². The van der Waals surface area contributed by atoms with Crippen molar-refractivity contribution >= 4 is 15.9 Å². The van der Waals surface area contributed by atoms with Crippen LogP contribution in [0, 0.1) is 0 Å². The van der Waals surface area contributed by atoms with Crippen LogP contribution in [0.5, 0.6) is 11.5 Å². The van der Waals surface area contributed by atoms with Gasteiger partial charge in [0.25, 0.3) is 5.91 Å². The van der Waals surface area contributed by atoms with Crippen molar-refractivity contribution in [3.63, 3.8) is 0 Å². The van der Waals surface area contributed by atoms with Crippen LogP contribution in [0.4, 0.5) is 0 Å². The predicted molar refractivity (Wildman–Crippen MR) is 107 cm³/mol. The Labute approximate surface area is 166 Å². The molecule has 0 aliphatic carbocycles. The smallest absolute Gasteiger partial charge is 0.257 e. The minimum absolute atomic E-state index is 0.140. The van der Waals surface area contributed by atoms with Crippen LogP contribution in [-0.4, -0.2) is 40.6 Å². The molecule has 2 aromatic carbocycles. The number of ether oxygens (including phenoxy) is 2. The van der Waals surface area contributed by atoms with Crippen molar-refractivity contribution in [1.82, 2.24) is 10.0 Å². The van der Waals surface area contributed by atoms with E-state index in [2.05, 4.69) is 10.0 Å². The predicted octanol–water partition coefficient (Wildman–Crippen LogP) is 2.12. The van der Waals surface area contributed by atoms with E-state index in [9.17, 15) is 13.2 Å². The van der Waals surface area contributed by atoms with Gasteiger partial charge in [0.15, 0.2) is 6.61 Å². The Bertz CT molecular complexity index is 862. The Kier molecular flexibility index (Phi) is 7.83. The number of carbonyl (C=O) groups excluding carboxylic acids is 1. The summed E-state index contributed by atoms with van der Waals surface area (Å²) in [6, 6.07) is 13.4. The highest BCUT2D eigenvalue weighted by molar-refractivity contribution is 7.89. The Hall–Kier alpha value is -2.58. The van der Waals surface area contributed by atoms with E-state index < -0.39 is 10.0 Å². The molecule has 2 N–H and O–H groups in total. The molecule has 0 saturated heterocycles. The number of hydrogen-bond acceptors (Lipinski definition) is 5. The third-order valence-electron chi connectivity index (χ3n) is 3.79. The summed E-state index contributed by atoms with van der Waals surface area (Å²) >= 11 is 0. The Balaban J connectivity index is 1.76. The summed E-state index contributed by atoms with van der Waals surface area (Å²) in [6.07, 6.45) is 0.700. The number of rotatable bonds is 10. The monoisotopic (exact) mass is 406 g/mol. The molecule has 0 aliphatic rings. The van der Waals surface area contributed by atoms with Gasteiger partial charge in [-0.15, -0.1) is 0 Å². The second-order valence-electron chi connectivity index (χ2n) is 6.48. The first kappa shape index (κ1) is 21.7. The van der Waals surface area contributed by atoms with E-state index in [1.807, 2.05) is 24.3 Å². The molecule has 0 bridgehead atoms. The highest BCUT2D eigenvalue weighted by Crippen LogP contribution is 2.16. The molecule has 1 amide bonds. The van der Waals surface area contributed by atoms with Crippen molar-refractivity contribution in [2.45, 2.75) is 31.2 Å². The van der Waals surface area contributed by atoms with Gasteiger partial charge < -0.3 is 14.8 Å². The van der Waals surface area contributed by atoms with Crippen molar-refractivity contribution in [2.75, 3.05) is 20.3 Å². The number of carbonyl (C=O) groups is 1. The van der Waals surface area contributed by atoms with Crippen molar-refractivity contribution in [1.29, 1.82) is 0 Å². The lowest BCUT2D eigenvalue weighted by molar-refractivity contribution is -0.123. The van der Waals surface area contributed by atoms with E-state index in [4.69, 9.17) is 9.47 Å². The zero-order valence-corrected chi connectivity index (χ0v) is 17.1. The first-order valence-corrected chi connectivity index (χ1v) is 10.4. The molecule has 0 aromatic heterocycles. The molecule has 8 heteroatoms. The van der Waals surface area contributed by atoms with E-state index in [0.29, 0.717) is 18.7 Å². The van der Waals surface area contributed by atoms with Crippen molar-refractivity contribution in [3.05, 3.63) is 54.1 Å². The molecule has 28 heavy (non-hydrogen) atoms. The molecular weight excluding hydrogens is 380 g/mol. The van der Waals surface area contributed by atoms with Crippen molar-refractivity contribution in [3.8, 4) is 11.5 Å². The first-order valence-electron chi connectivity index (χ1n) is 8.95. The Morgan fingerprint density at radius 3 is 2.18 bits per heavy atom. The number of methoxy groups -OCH3 is 1. The van der Waals surface area contributed by atoms with Gasteiger partial charge in [0, 0.05) is 12.6 Å². The summed E-state index contributed by atoms with van der Waals surface area (Å²) in [6.45, 7) is 3.86. The summed E-state index contributed by atoms with van der Waals surface area (Å²) in [5.74, 6) is 0.973. The topological polar surface area (TPSA) is 93.7 Å². The van der Waals surface area contributed by atoms with Crippen LogP contribution in [0.1, 0.15) is 19.4 Å². The summed E-state index contributed by atoms with van der Waals surface area (Å²) in [5, 5.41) is 2.79. The number of sulfonamides is 1. The largest absolute Gasteiger partial charge is 0.497 e. The summed E-state index contributed by atoms with van der Waals surface area (Å²) in [7, 11) is -1.93. The average molecular weight is 407 g/mol. The van der Waals surface area contributed by atoms with Crippen molar-refractivity contribution in [2.24, 2.45) is 0 Å². The van der Waals surface area contributed by atoms with Crippen LogP contribution in [0.15, 0.2) is 53.4 Å². The van der Waals surface area contributed by atoms with Gasteiger partial charge in [-0.3, -0.25) is 4.79 Å². The number of nitrogens with one attached hydrogen (secondary N) is 2. The van der Waals surface area contributed by atoms with E-state index in [0.717, 1.165) is 11.3 Å². The number of hydrogen-bond donors (Lipinski definition) is 2. The maximum atomic E-state index is 12.1. The van der Waals surface area contributed by atoms with Gasteiger partial charge in [-0.25, -0.2) is 13.1 Å². The second kappa shape index (κ2) is 10.1. The Morgan fingerprint density at radius 2 is 1.61 bits per heavy atom. The molecule has 0 saturated carbocycles. The lowest BCUT2D eigenvalue weighted by atomic mass is 10.1. The zero-order chi connectivity index (χ0) is 20.6. The highest BCUT2D eigenvalue weighted by Gasteiger charge is 2.15. The van der Waals surface area contributed by atoms with Gasteiger partial charge in [-0.1, -0.05) is 12.1 Å². The minimum Gasteiger partial charge on any atom is -0.497 e. The SMILES string of the molecule is COc1ccc(CCNC(=O)COc2ccc(S(=O)(=O)NC(C)C)cc2)cc1. The van der Waals surface area contributed by atoms with E-state index in [1.54, 1.807) is 21.0 Å². The lowest BCUT2D eigenvalue weighted by Crippen LogP contribution is -2.30. The molecule has 0 heterocycles. The molecule has 2 rings (SSSR count). The van der Waals surface area contributed by atoms with E-state index in [-0.39, 0.29) is 23.5 Å². The van der Waals surface area contributed by atoms with Gasteiger partial charge in [-0.05, 0) is 62.2 Å². The lowest BCUT2D eigenvalue weighted by Gasteiger charge is -2.11. The molecular formula is C20H26N2O5S. The minimum atomic E-state index is -3.54. The van der Waals surface area contributed by atoms with E-state index in [1.165, 1.54) is 24.3 Å². The number of amides is 1. The molecule has 0 spiro atoms. The summed E-state index contributed by atoms with van der Waals surface area (Å²) in [5.41, 5.74) is 1.09. The Morgan fingerprint density at radius 1 is 1.00 bits per heavy atom. The van der Waals surface area contributed by atoms with Crippen LogP contribution in [0.2, 0.25) is 0 Å². The normalized spacial score (nSPS) is 11.3. The van der Waals surface area contributed by atoms with Gasteiger partial charge in [0.2, 0.25) is 10.0 Å². The molecule has 2 aromatic rings. The van der Waals surface area contributed by atoms with Crippen molar-refractivity contribution < 1.29 is 22.7 Å². The molecule has 0 fully saturated rings. The third kappa shape index (κ3) is 6.86. The van der Waals surface area contributed by atoms with Crippen LogP contribution in [-0.2, 0) is 21.2 Å². The fourth-order valence-electron chi connectivity index (χ4n) is 2.43. The quantitative estimate of drug-likeness (QED) is 0.630.